The molecule has 1 amide bonds. The number of carbonyl (C=O) groups excluding carboxylic acids is 1. The van der Waals surface area contributed by atoms with Crippen LogP contribution in [0.5, 0.6) is 0 Å². The van der Waals surface area contributed by atoms with E-state index in [-0.39, 0.29) is 5.91 Å². The Morgan fingerprint density at radius 2 is 1.69 bits per heavy atom. The van der Waals surface area contributed by atoms with Crippen LogP contribution in [-0.2, 0) is 11.0 Å². The van der Waals surface area contributed by atoms with Crippen LogP contribution in [-0.4, -0.2) is 22.8 Å². The summed E-state index contributed by atoms with van der Waals surface area (Å²) in [5, 5.41) is 17.9. The Morgan fingerprint density at radius 3 is 2.31 bits per heavy atom. The summed E-state index contributed by atoms with van der Waals surface area (Å²) in [7, 11) is 0. The van der Waals surface area contributed by atoms with Gasteiger partial charge in [0, 0.05) is 11.8 Å². The summed E-state index contributed by atoms with van der Waals surface area (Å²) >= 11 is 0. The molecule has 2 aliphatic heterocycles. The first kappa shape index (κ1) is 21.1. The second kappa shape index (κ2) is 8.19. The van der Waals surface area contributed by atoms with Crippen LogP contribution < -0.4 is 5.32 Å². The van der Waals surface area contributed by atoms with Gasteiger partial charge < -0.3 is 5.32 Å². The van der Waals surface area contributed by atoms with E-state index in [1.165, 1.54) is 23.2 Å². The molecule has 0 fully saturated rings. The molecule has 160 valence electrons. The zero-order valence-corrected chi connectivity index (χ0v) is 16.9. The van der Waals surface area contributed by atoms with E-state index in [1.807, 2.05) is 6.07 Å². The highest BCUT2D eigenvalue weighted by Crippen LogP contribution is 2.31. The van der Waals surface area contributed by atoms with Crippen molar-refractivity contribution < 1.29 is 18.0 Å². The molecule has 0 aliphatic carbocycles. The van der Waals surface area contributed by atoms with Gasteiger partial charge in [-0.15, -0.1) is 0 Å². The molecule has 1 N–H and O–H groups in total. The number of hydrogen-bond acceptors (Lipinski definition) is 4. The Bertz CT molecular complexity index is 1210. The summed E-state index contributed by atoms with van der Waals surface area (Å²) in [4.78, 5) is 12.8. The van der Waals surface area contributed by atoms with Crippen LogP contribution in [0.4, 0.5) is 13.2 Å². The summed E-state index contributed by atoms with van der Waals surface area (Å²) in [6.07, 6.45) is 1.55. The molecule has 4 rings (SSSR count). The van der Waals surface area contributed by atoms with Gasteiger partial charge in [0.25, 0.3) is 5.91 Å². The maximum atomic E-state index is 12.9. The monoisotopic (exact) mass is 434 g/mol. The van der Waals surface area contributed by atoms with Crippen molar-refractivity contribution in [1.29, 1.82) is 5.26 Å². The van der Waals surface area contributed by atoms with Crippen LogP contribution in [0.15, 0.2) is 77.9 Å². The van der Waals surface area contributed by atoms with E-state index in [9.17, 15) is 18.0 Å². The number of hydrogen-bond donors (Lipinski definition) is 1. The molecule has 2 heterocycles. The van der Waals surface area contributed by atoms with Gasteiger partial charge >= 0.3 is 6.18 Å². The molecule has 2 aliphatic rings. The molecule has 5 nitrogen and oxygen atoms in total. The van der Waals surface area contributed by atoms with E-state index >= 15 is 0 Å². The van der Waals surface area contributed by atoms with Crippen LogP contribution >= 0.6 is 0 Å². The highest BCUT2D eigenvalue weighted by molar-refractivity contribution is 6.01. The van der Waals surface area contributed by atoms with E-state index in [0.29, 0.717) is 28.1 Å². The molecular formula is C24H17F3N4O. The minimum absolute atomic E-state index is 0.342. The predicted octanol–water partition coefficient (Wildman–Crippen LogP) is 4.71. The Balaban J connectivity index is 1.71. The van der Waals surface area contributed by atoms with Gasteiger partial charge in [0.2, 0.25) is 0 Å². The summed E-state index contributed by atoms with van der Waals surface area (Å²) in [5.41, 5.74) is 2.84. The zero-order chi connectivity index (χ0) is 22.9. The summed E-state index contributed by atoms with van der Waals surface area (Å²) < 4.78 is 38.8. The van der Waals surface area contributed by atoms with Crippen molar-refractivity contribution in [3.63, 3.8) is 0 Å². The average molecular weight is 434 g/mol. The van der Waals surface area contributed by atoms with Gasteiger partial charge in [-0.1, -0.05) is 30.3 Å². The Hall–Kier alpha value is -4.12. The second-order valence-electron chi connectivity index (χ2n) is 7.29. The maximum Gasteiger partial charge on any atom is 0.416 e. The lowest BCUT2D eigenvalue weighted by molar-refractivity contribution is -0.137. The van der Waals surface area contributed by atoms with Gasteiger partial charge in [0.05, 0.1) is 22.9 Å². The van der Waals surface area contributed by atoms with Crippen molar-refractivity contribution in [3.8, 4) is 6.07 Å². The van der Waals surface area contributed by atoms with Crippen LogP contribution in [0, 0.1) is 11.3 Å². The van der Waals surface area contributed by atoms with Crippen molar-refractivity contribution >= 4 is 22.9 Å². The first-order valence-corrected chi connectivity index (χ1v) is 9.69. The summed E-state index contributed by atoms with van der Waals surface area (Å²) in [5.74, 6) is -0.342. The van der Waals surface area contributed by atoms with E-state index < -0.39 is 17.9 Å². The molecule has 0 saturated heterocycles. The largest absolute Gasteiger partial charge is 0.416 e. The molecular weight excluding hydrogens is 417 g/mol. The lowest BCUT2D eigenvalue weighted by Crippen LogP contribution is -2.47. The molecule has 0 saturated carbocycles. The molecule has 0 radical (unpaired) electrons. The fraction of sp³-hybridized carbons (Fsp3) is 0.125. The number of fused-ring (bicyclic) bond motifs is 1. The lowest BCUT2D eigenvalue weighted by atomic mass is 10.0. The Kier molecular flexibility index (Phi) is 5.41. The Labute approximate surface area is 182 Å². The molecule has 1 unspecified atom stereocenters. The molecule has 2 aromatic rings. The zero-order valence-electron chi connectivity index (χ0n) is 16.9. The third kappa shape index (κ3) is 4.32. The maximum absolute atomic E-state index is 12.9. The van der Waals surface area contributed by atoms with E-state index in [0.717, 1.165) is 17.7 Å². The summed E-state index contributed by atoms with van der Waals surface area (Å²) in [6, 6.07) is 13.7. The number of benzene rings is 2. The number of rotatable bonds is 2. The fourth-order valence-corrected chi connectivity index (χ4v) is 3.39. The highest BCUT2D eigenvalue weighted by Gasteiger charge is 2.31. The first-order chi connectivity index (χ1) is 15.2. The van der Waals surface area contributed by atoms with Crippen LogP contribution in [0.3, 0.4) is 0 Å². The average Bonchev–Trinajstić information content (AvgIpc) is 2.76. The van der Waals surface area contributed by atoms with Gasteiger partial charge in [-0.25, -0.2) is 5.01 Å². The second-order valence-corrected chi connectivity index (χ2v) is 7.29. The van der Waals surface area contributed by atoms with Crippen molar-refractivity contribution in [1.82, 2.24) is 10.3 Å². The lowest BCUT2D eigenvalue weighted by Gasteiger charge is -2.32. The van der Waals surface area contributed by atoms with E-state index in [1.54, 1.807) is 49.4 Å². The standard InChI is InChI=1S/C24H17F3N4O/c1-15-2-5-19(17-8-10-20(11-9-17)24(25,26)27)12-22-29-21(13-23(32)31(22)30-15)18-6-3-16(14-28)4-7-18/h2-13,22,29H,1H3/b5-2-,19-12-,30-15-. The van der Waals surface area contributed by atoms with Crippen LogP contribution in [0.2, 0.25) is 0 Å². The topological polar surface area (TPSA) is 68.5 Å². The number of nitrogens with one attached hydrogen (secondary N) is 1. The third-order valence-electron chi connectivity index (χ3n) is 5.04. The number of halogens is 3. The number of allylic oxidation sites excluding steroid dienone is 3. The minimum Gasteiger partial charge on any atom is -0.360 e. The fourth-order valence-electron chi connectivity index (χ4n) is 3.39. The number of nitrogens with zero attached hydrogens (tertiary/aromatic N) is 3. The SMILES string of the molecule is CC1=N/N2C(=O)C=C(c3ccc(C#N)cc3)NC2/C=C(c2ccc(C(F)(F)F)cc2)/C=C\1. The molecule has 2 aromatic carbocycles. The molecule has 32 heavy (non-hydrogen) atoms. The molecule has 0 bridgehead atoms. The van der Waals surface area contributed by atoms with Crippen molar-refractivity contribution in [2.45, 2.75) is 19.3 Å². The van der Waals surface area contributed by atoms with Crippen LogP contribution in [0.1, 0.15) is 29.2 Å². The number of alkyl halides is 3. The third-order valence-corrected chi connectivity index (χ3v) is 5.04. The molecule has 0 spiro atoms. The van der Waals surface area contributed by atoms with Gasteiger partial charge in [0.15, 0.2) is 0 Å². The number of amides is 1. The predicted molar refractivity (Wildman–Crippen MR) is 115 cm³/mol. The van der Waals surface area contributed by atoms with Gasteiger partial charge in [-0.05, 0) is 60.0 Å². The minimum atomic E-state index is -4.41. The van der Waals surface area contributed by atoms with Gasteiger partial charge in [-0.2, -0.15) is 23.5 Å². The van der Waals surface area contributed by atoms with Gasteiger partial charge in [-0.3, -0.25) is 4.79 Å². The molecule has 8 heteroatoms. The summed E-state index contributed by atoms with van der Waals surface area (Å²) in [6.45, 7) is 1.73. The normalized spacial score (nSPS) is 22.6. The molecule has 0 aromatic heterocycles. The van der Waals surface area contributed by atoms with Gasteiger partial charge in [0.1, 0.15) is 6.17 Å². The van der Waals surface area contributed by atoms with E-state index in [4.69, 9.17) is 5.26 Å². The molecule has 1 atom stereocenters. The van der Waals surface area contributed by atoms with Crippen molar-refractivity contribution in [3.05, 3.63) is 95.1 Å². The number of carbonyl (C=O) groups is 1. The van der Waals surface area contributed by atoms with Crippen molar-refractivity contribution in [2.24, 2.45) is 5.10 Å². The van der Waals surface area contributed by atoms with E-state index in [2.05, 4.69) is 10.4 Å². The highest BCUT2D eigenvalue weighted by atomic mass is 19.4. The Morgan fingerprint density at radius 1 is 1.03 bits per heavy atom. The van der Waals surface area contributed by atoms with Crippen molar-refractivity contribution in [2.75, 3.05) is 0 Å². The quantitative estimate of drug-likeness (QED) is 0.745. The number of hydrazone groups is 1. The smallest absolute Gasteiger partial charge is 0.360 e. The number of nitriles is 1. The first-order valence-electron chi connectivity index (χ1n) is 9.69. The van der Waals surface area contributed by atoms with Crippen LogP contribution in [0.25, 0.3) is 11.3 Å².